The Labute approximate surface area is 297 Å². The number of halogens is 2. The van der Waals surface area contributed by atoms with Gasteiger partial charge in [-0.1, -0.05) is 37.1 Å². The standard InChI is InChI=1S/C39H48F2N4O6/c1-25(46)44-39(22-27-10-11-27)14-15-45(38(39)49)35(13-12-26-6-4-8-32(18-26)50-2)37(48)43-34(20-29-16-30(40)21-31(41)17-29)36(47)24-42-23-28-7-5-9-33(19-28)51-3/h4-9,16-19,21,27,34-36,42,47H,10-15,20,22-24H2,1-3H3,(H,43,48)(H,44,46)/t34-,35-,36+,39?/m0/s1. The number of methoxy groups -OCH3 is 2. The molecular formula is C39H48F2N4O6. The predicted molar refractivity (Wildman–Crippen MR) is 188 cm³/mol. The number of aryl methyl sites for hydroxylation is 1. The summed E-state index contributed by atoms with van der Waals surface area (Å²) in [6, 6.07) is 16.1. The number of aliphatic hydroxyl groups is 1. The van der Waals surface area contributed by atoms with Crippen molar-refractivity contribution in [2.75, 3.05) is 27.3 Å². The molecule has 10 nitrogen and oxygen atoms in total. The SMILES string of the molecule is COc1cccc(CC[C@@H](C(=O)N[C@@H](Cc2cc(F)cc(F)c2)[C@H](O)CNCc2cccc(OC)c2)N2CCC(CC3CC3)(NC(C)=O)C2=O)c1. The van der Waals surface area contributed by atoms with Crippen molar-refractivity contribution in [2.24, 2.45) is 5.92 Å². The van der Waals surface area contributed by atoms with E-state index in [4.69, 9.17) is 9.47 Å². The Bertz CT molecular complexity index is 1670. The minimum Gasteiger partial charge on any atom is -0.497 e. The summed E-state index contributed by atoms with van der Waals surface area (Å²) in [5.41, 5.74) is 0.972. The molecule has 1 aliphatic carbocycles. The minimum atomic E-state index is -1.17. The van der Waals surface area contributed by atoms with E-state index in [1.807, 2.05) is 48.5 Å². The molecular weight excluding hydrogens is 658 g/mol. The van der Waals surface area contributed by atoms with Crippen LogP contribution in [0.4, 0.5) is 8.78 Å². The molecule has 2 aliphatic rings. The zero-order chi connectivity index (χ0) is 36.5. The van der Waals surface area contributed by atoms with Gasteiger partial charge in [-0.3, -0.25) is 14.4 Å². The summed E-state index contributed by atoms with van der Waals surface area (Å²) in [5, 5.41) is 20.5. The van der Waals surface area contributed by atoms with Gasteiger partial charge in [0, 0.05) is 32.6 Å². The van der Waals surface area contributed by atoms with Crippen molar-refractivity contribution < 1.29 is 37.7 Å². The second-order valence-electron chi connectivity index (χ2n) is 13.7. The maximum atomic E-state index is 14.4. The third-order valence-corrected chi connectivity index (χ3v) is 9.71. The summed E-state index contributed by atoms with van der Waals surface area (Å²) < 4.78 is 39.2. The highest BCUT2D eigenvalue weighted by Gasteiger charge is 2.52. The molecule has 12 heteroatoms. The molecule has 1 unspecified atom stereocenters. The van der Waals surface area contributed by atoms with E-state index in [0.717, 1.165) is 30.0 Å². The van der Waals surface area contributed by atoms with E-state index in [-0.39, 0.29) is 43.3 Å². The first-order valence-corrected chi connectivity index (χ1v) is 17.5. The lowest BCUT2D eigenvalue weighted by Gasteiger charge is -2.33. The number of hydrogen-bond donors (Lipinski definition) is 4. The number of amides is 3. The van der Waals surface area contributed by atoms with Crippen molar-refractivity contribution in [3.05, 3.63) is 95.1 Å². The minimum absolute atomic E-state index is 0.0457. The zero-order valence-corrected chi connectivity index (χ0v) is 29.4. The fourth-order valence-electron chi connectivity index (χ4n) is 6.99. The number of nitrogens with zero attached hydrogens (tertiary/aromatic N) is 1. The molecule has 3 amide bonds. The molecule has 0 bridgehead atoms. The normalized spacial score (nSPS) is 18.9. The van der Waals surface area contributed by atoms with Crippen LogP contribution in [0.3, 0.4) is 0 Å². The lowest BCUT2D eigenvalue weighted by Crippen LogP contribution is -2.59. The molecule has 0 radical (unpaired) electrons. The van der Waals surface area contributed by atoms with Crippen LogP contribution in [0.1, 0.15) is 55.7 Å². The van der Waals surface area contributed by atoms with Crippen molar-refractivity contribution in [3.8, 4) is 11.5 Å². The molecule has 3 aromatic carbocycles. The van der Waals surface area contributed by atoms with Gasteiger partial charge in [0.2, 0.25) is 17.7 Å². The number of likely N-dealkylation sites (tertiary alicyclic amines) is 1. The molecule has 51 heavy (non-hydrogen) atoms. The van der Waals surface area contributed by atoms with E-state index < -0.39 is 41.3 Å². The third-order valence-electron chi connectivity index (χ3n) is 9.71. The summed E-state index contributed by atoms with van der Waals surface area (Å²) in [7, 11) is 3.15. The van der Waals surface area contributed by atoms with Gasteiger partial charge < -0.3 is 35.4 Å². The number of benzene rings is 3. The van der Waals surface area contributed by atoms with Crippen LogP contribution in [0, 0.1) is 17.6 Å². The van der Waals surface area contributed by atoms with E-state index >= 15 is 0 Å². The fraction of sp³-hybridized carbons (Fsp3) is 0.462. The molecule has 2 fully saturated rings. The van der Waals surface area contributed by atoms with Crippen LogP contribution in [0.5, 0.6) is 11.5 Å². The van der Waals surface area contributed by atoms with Crippen LogP contribution in [0.25, 0.3) is 0 Å². The molecule has 1 saturated carbocycles. The Balaban J connectivity index is 1.39. The Morgan fingerprint density at radius 3 is 2.24 bits per heavy atom. The Morgan fingerprint density at radius 2 is 1.61 bits per heavy atom. The summed E-state index contributed by atoms with van der Waals surface area (Å²) in [5.74, 6) is -0.995. The van der Waals surface area contributed by atoms with Crippen molar-refractivity contribution >= 4 is 17.7 Å². The van der Waals surface area contributed by atoms with Crippen LogP contribution in [-0.2, 0) is 33.8 Å². The summed E-state index contributed by atoms with van der Waals surface area (Å²) in [6.45, 7) is 2.08. The third kappa shape index (κ3) is 10.3. The maximum absolute atomic E-state index is 14.4. The van der Waals surface area contributed by atoms with E-state index in [1.54, 1.807) is 19.1 Å². The average Bonchev–Trinajstić information content (AvgIpc) is 3.86. The summed E-state index contributed by atoms with van der Waals surface area (Å²) in [6.07, 6.45) is 2.28. The summed E-state index contributed by atoms with van der Waals surface area (Å²) >= 11 is 0. The molecule has 274 valence electrons. The Morgan fingerprint density at radius 1 is 0.961 bits per heavy atom. The number of hydrogen-bond acceptors (Lipinski definition) is 7. The topological polar surface area (TPSA) is 129 Å². The van der Waals surface area contributed by atoms with E-state index in [2.05, 4.69) is 16.0 Å². The van der Waals surface area contributed by atoms with Crippen LogP contribution in [0.2, 0.25) is 0 Å². The van der Waals surface area contributed by atoms with Gasteiger partial charge >= 0.3 is 0 Å². The lowest BCUT2D eigenvalue weighted by atomic mass is 9.90. The number of carbonyl (C=O) groups is 3. The highest BCUT2D eigenvalue weighted by Crippen LogP contribution is 2.41. The van der Waals surface area contributed by atoms with Gasteiger partial charge in [0.15, 0.2) is 0 Å². The highest BCUT2D eigenvalue weighted by molar-refractivity contribution is 5.96. The van der Waals surface area contributed by atoms with E-state index in [1.165, 1.54) is 19.1 Å². The average molecular weight is 707 g/mol. The van der Waals surface area contributed by atoms with Crippen molar-refractivity contribution in [3.63, 3.8) is 0 Å². The molecule has 4 atom stereocenters. The maximum Gasteiger partial charge on any atom is 0.249 e. The van der Waals surface area contributed by atoms with Gasteiger partial charge in [0.1, 0.15) is 34.7 Å². The van der Waals surface area contributed by atoms with Crippen LogP contribution in [0.15, 0.2) is 66.7 Å². The molecule has 5 rings (SSSR count). The summed E-state index contributed by atoms with van der Waals surface area (Å²) in [4.78, 5) is 42.5. The molecule has 1 saturated heterocycles. The van der Waals surface area contributed by atoms with E-state index in [9.17, 15) is 28.3 Å². The number of rotatable bonds is 18. The van der Waals surface area contributed by atoms with Gasteiger partial charge in [-0.2, -0.15) is 0 Å². The second-order valence-corrected chi connectivity index (χ2v) is 13.7. The van der Waals surface area contributed by atoms with Crippen LogP contribution < -0.4 is 25.4 Å². The quantitative estimate of drug-likeness (QED) is 0.157. The number of aliphatic hydroxyl groups excluding tert-OH is 1. The number of nitrogens with one attached hydrogen (secondary N) is 3. The predicted octanol–water partition coefficient (Wildman–Crippen LogP) is 4.07. The second kappa shape index (κ2) is 17.1. The first-order valence-electron chi connectivity index (χ1n) is 17.5. The largest absolute Gasteiger partial charge is 0.497 e. The van der Waals surface area contributed by atoms with Gasteiger partial charge in [0.25, 0.3) is 0 Å². The Kier molecular flexibility index (Phi) is 12.6. The monoisotopic (exact) mass is 706 g/mol. The van der Waals surface area contributed by atoms with Gasteiger partial charge in [0.05, 0.1) is 26.4 Å². The van der Waals surface area contributed by atoms with Crippen LogP contribution in [-0.4, -0.2) is 78.8 Å². The number of carbonyl (C=O) groups excluding carboxylic acids is 3. The number of ether oxygens (including phenoxy) is 2. The molecule has 0 spiro atoms. The molecule has 0 aromatic heterocycles. The fourth-order valence-corrected chi connectivity index (χ4v) is 6.99. The molecule has 1 aliphatic heterocycles. The first-order chi connectivity index (χ1) is 24.5. The zero-order valence-electron chi connectivity index (χ0n) is 29.4. The first kappa shape index (κ1) is 37.7. The molecule has 4 N–H and O–H groups in total. The van der Waals surface area contributed by atoms with Crippen molar-refractivity contribution in [1.29, 1.82) is 0 Å². The smallest absolute Gasteiger partial charge is 0.249 e. The van der Waals surface area contributed by atoms with Gasteiger partial charge in [-0.25, -0.2) is 8.78 Å². The van der Waals surface area contributed by atoms with Gasteiger partial charge in [-0.15, -0.1) is 0 Å². The van der Waals surface area contributed by atoms with Crippen LogP contribution >= 0.6 is 0 Å². The highest BCUT2D eigenvalue weighted by atomic mass is 19.1. The van der Waals surface area contributed by atoms with Crippen molar-refractivity contribution in [1.82, 2.24) is 20.9 Å². The molecule has 1 heterocycles. The molecule has 3 aromatic rings. The van der Waals surface area contributed by atoms with Gasteiger partial charge in [-0.05, 0) is 91.1 Å². The Hall–Kier alpha value is -4.55. The van der Waals surface area contributed by atoms with E-state index in [0.29, 0.717) is 43.2 Å². The lowest BCUT2D eigenvalue weighted by molar-refractivity contribution is -0.143. The van der Waals surface area contributed by atoms with Crippen molar-refractivity contribution in [2.45, 2.75) is 82.1 Å².